The first-order chi connectivity index (χ1) is 10.8. The Morgan fingerprint density at radius 1 is 1.09 bits per heavy atom. The average molecular weight is 312 g/mol. The van der Waals surface area contributed by atoms with Gasteiger partial charge in [0.05, 0.1) is 5.69 Å². The van der Waals surface area contributed by atoms with E-state index in [0.717, 1.165) is 41.7 Å². The molecule has 4 rings (SSSR count). The highest BCUT2D eigenvalue weighted by atomic mass is 35.5. The van der Waals surface area contributed by atoms with E-state index in [4.69, 9.17) is 11.6 Å². The molecule has 0 saturated carbocycles. The van der Waals surface area contributed by atoms with Crippen LogP contribution in [0.3, 0.4) is 0 Å². The molecule has 6 heteroatoms. The number of H-pyrrole nitrogens is 1. The molecule has 0 aliphatic carbocycles. The zero-order chi connectivity index (χ0) is 14.9. The minimum atomic E-state index is 0.729. The molecular weight excluding hydrogens is 298 g/mol. The third-order valence-electron chi connectivity index (χ3n) is 3.89. The quantitative estimate of drug-likeness (QED) is 0.790. The number of nitrogens with one attached hydrogen (secondary N) is 1. The Morgan fingerprint density at radius 2 is 1.86 bits per heavy atom. The minimum absolute atomic E-state index is 0.729. The molecule has 1 aromatic carbocycles. The lowest BCUT2D eigenvalue weighted by molar-refractivity contribution is 0.699. The summed E-state index contributed by atoms with van der Waals surface area (Å²) in [6.45, 7) is 1.65. The summed E-state index contributed by atoms with van der Waals surface area (Å²) in [4.78, 5) is 10.9. The number of aromatic nitrogens is 4. The highest BCUT2D eigenvalue weighted by Gasteiger charge is 2.24. The zero-order valence-electron chi connectivity index (χ0n) is 11.8. The van der Waals surface area contributed by atoms with E-state index in [-0.39, 0.29) is 0 Å². The first-order valence-electron chi connectivity index (χ1n) is 7.15. The van der Waals surface area contributed by atoms with Crippen molar-refractivity contribution in [1.82, 2.24) is 20.2 Å². The topological polar surface area (TPSA) is 57.7 Å². The van der Waals surface area contributed by atoms with Crippen LogP contribution in [0.5, 0.6) is 0 Å². The second kappa shape index (κ2) is 5.42. The summed E-state index contributed by atoms with van der Waals surface area (Å²) in [5.41, 5.74) is 4.45. The molecule has 0 bridgehead atoms. The molecule has 0 fully saturated rings. The maximum Gasteiger partial charge on any atom is 0.225 e. The van der Waals surface area contributed by atoms with Gasteiger partial charge in [0.1, 0.15) is 0 Å². The molecule has 1 N–H and O–H groups in total. The fourth-order valence-corrected chi connectivity index (χ4v) is 2.89. The van der Waals surface area contributed by atoms with Crippen LogP contribution in [-0.4, -0.2) is 26.7 Å². The predicted octanol–water partition coefficient (Wildman–Crippen LogP) is 3.08. The van der Waals surface area contributed by atoms with Crippen molar-refractivity contribution in [2.75, 3.05) is 11.4 Å². The van der Waals surface area contributed by atoms with Crippen LogP contribution in [0.25, 0.3) is 11.3 Å². The van der Waals surface area contributed by atoms with E-state index in [0.29, 0.717) is 0 Å². The van der Waals surface area contributed by atoms with Crippen molar-refractivity contribution in [2.45, 2.75) is 13.0 Å². The molecule has 0 unspecified atom stereocenters. The van der Waals surface area contributed by atoms with Crippen LogP contribution in [0.1, 0.15) is 11.3 Å². The molecule has 1 aliphatic heterocycles. The van der Waals surface area contributed by atoms with Gasteiger partial charge in [-0.1, -0.05) is 23.7 Å². The van der Waals surface area contributed by atoms with Gasteiger partial charge >= 0.3 is 0 Å². The van der Waals surface area contributed by atoms with Gasteiger partial charge in [-0.25, -0.2) is 9.97 Å². The van der Waals surface area contributed by atoms with Crippen molar-refractivity contribution in [3.8, 4) is 11.3 Å². The first kappa shape index (κ1) is 13.3. The van der Waals surface area contributed by atoms with E-state index in [1.807, 2.05) is 30.3 Å². The van der Waals surface area contributed by atoms with E-state index >= 15 is 0 Å². The Balaban J connectivity index is 1.69. The third kappa shape index (κ3) is 2.33. The molecule has 0 saturated heterocycles. The number of anilines is 1. The van der Waals surface area contributed by atoms with Gasteiger partial charge in [0.2, 0.25) is 5.95 Å². The summed E-state index contributed by atoms with van der Waals surface area (Å²) >= 11 is 5.97. The molecule has 0 atom stereocenters. The van der Waals surface area contributed by atoms with Crippen molar-refractivity contribution in [3.05, 3.63) is 59.0 Å². The van der Waals surface area contributed by atoms with Crippen LogP contribution in [-0.2, 0) is 13.0 Å². The monoisotopic (exact) mass is 311 g/mol. The van der Waals surface area contributed by atoms with Gasteiger partial charge in [-0.3, -0.25) is 5.10 Å². The number of aromatic amines is 1. The molecule has 2 aromatic heterocycles. The number of halogens is 1. The Kier molecular flexibility index (Phi) is 3.27. The standard InChI is InChI=1S/C16H14ClN5/c17-12-4-2-11(3-5-12)15-13-10-22(9-6-14(13)20-21-15)16-18-7-1-8-19-16/h1-5,7-8H,6,9-10H2,(H,20,21). The molecule has 0 radical (unpaired) electrons. The highest BCUT2D eigenvalue weighted by molar-refractivity contribution is 6.30. The largest absolute Gasteiger partial charge is 0.336 e. The molecule has 3 aromatic rings. The Bertz CT molecular complexity index is 782. The molecule has 5 nitrogen and oxygen atoms in total. The molecule has 110 valence electrons. The zero-order valence-corrected chi connectivity index (χ0v) is 12.6. The lowest BCUT2D eigenvalue weighted by Gasteiger charge is -2.26. The molecule has 0 amide bonds. The van der Waals surface area contributed by atoms with Crippen LogP contribution in [0.4, 0.5) is 5.95 Å². The van der Waals surface area contributed by atoms with Crippen LogP contribution in [0, 0.1) is 0 Å². The van der Waals surface area contributed by atoms with E-state index < -0.39 is 0 Å². The van der Waals surface area contributed by atoms with Crippen molar-refractivity contribution in [1.29, 1.82) is 0 Å². The fourth-order valence-electron chi connectivity index (χ4n) is 2.77. The normalized spacial score (nSPS) is 14.0. The van der Waals surface area contributed by atoms with Gasteiger partial charge in [0, 0.05) is 53.7 Å². The van der Waals surface area contributed by atoms with E-state index in [2.05, 4.69) is 25.1 Å². The van der Waals surface area contributed by atoms with Crippen molar-refractivity contribution < 1.29 is 0 Å². The third-order valence-corrected chi connectivity index (χ3v) is 4.14. The molecular formula is C16H14ClN5. The van der Waals surface area contributed by atoms with Gasteiger partial charge in [0.15, 0.2) is 0 Å². The Labute approximate surface area is 133 Å². The van der Waals surface area contributed by atoms with Gasteiger partial charge in [-0.2, -0.15) is 5.10 Å². The molecule has 3 heterocycles. The first-order valence-corrected chi connectivity index (χ1v) is 7.53. The van der Waals surface area contributed by atoms with Gasteiger partial charge in [0.25, 0.3) is 0 Å². The maximum atomic E-state index is 5.97. The lowest BCUT2D eigenvalue weighted by atomic mass is 10.0. The Hall–Kier alpha value is -2.40. The predicted molar refractivity (Wildman–Crippen MR) is 85.8 cm³/mol. The summed E-state index contributed by atoms with van der Waals surface area (Å²) in [5.74, 6) is 0.761. The highest BCUT2D eigenvalue weighted by Crippen LogP contribution is 2.30. The fraction of sp³-hybridized carbons (Fsp3) is 0.188. The van der Waals surface area contributed by atoms with Crippen molar-refractivity contribution in [3.63, 3.8) is 0 Å². The van der Waals surface area contributed by atoms with E-state index in [1.54, 1.807) is 12.4 Å². The number of benzene rings is 1. The summed E-state index contributed by atoms with van der Waals surface area (Å²) in [6, 6.07) is 9.60. The van der Waals surface area contributed by atoms with Crippen LogP contribution in [0.2, 0.25) is 5.02 Å². The maximum absolute atomic E-state index is 5.97. The summed E-state index contributed by atoms with van der Waals surface area (Å²) < 4.78 is 0. The summed E-state index contributed by atoms with van der Waals surface area (Å²) in [6.07, 6.45) is 4.45. The van der Waals surface area contributed by atoms with E-state index in [9.17, 15) is 0 Å². The summed E-state index contributed by atoms with van der Waals surface area (Å²) in [5, 5.41) is 8.38. The molecule has 22 heavy (non-hydrogen) atoms. The number of nitrogens with zero attached hydrogens (tertiary/aromatic N) is 4. The second-order valence-corrected chi connectivity index (χ2v) is 5.69. The van der Waals surface area contributed by atoms with Crippen LogP contribution >= 0.6 is 11.6 Å². The molecule has 1 aliphatic rings. The molecule has 0 spiro atoms. The summed E-state index contributed by atoms with van der Waals surface area (Å²) in [7, 11) is 0. The van der Waals surface area contributed by atoms with Gasteiger partial charge < -0.3 is 4.90 Å². The number of fused-ring (bicyclic) bond motifs is 1. The van der Waals surface area contributed by atoms with Crippen LogP contribution < -0.4 is 4.90 Å². The van der Waals surface area contributed by atoms with Gasteiger partial charge in [-0.05, 0) is 18.2 Å². The van der Waals surface area contributed by atoms with E-state index in [1.165, 1.54) is 11.3 Å². The second-order valence-electron chi connectivity index (χ2n) is 5.26. The van der Waals surface area contributed by atoms with Gasteiger partial charge in [-0.15, -0.1) is 0 Å². The average Bonchev–Trinajstić information content (AvgIpc) is 2.99. The van der Waals surface area contributed by atoms with Crippen molar-refractivity contribution in [2.24, 2.45) is 0 Å². The SMILES string of the molecule is Clc1ccc(-c2n[nH]c3c2CN(c2ncccn2)CC3)cc1. The smallest absolute Gasteiger partial charge is 0.225 e. The Morgan fingerprint density at radius 3 is 2.64 bits per heavy atom. The van der Waals surface area contributed by atoms with Crippen LogP contribution in [0.15, 0.2) is 42.7 Å². The number of rotatable bonds is 2. The lowest BCUT2D eigenvalue weighted by Crippen LogP contribution is -2.31. The minimum Gasteiger partial charge on any atom is -0.336 e. The van der Waals surface area contributed by atoms with Crippen molar-refractivity contribution >= 4 is 17.5 Å². The number of hydrogen-bond acceptors (Lipinski definition) is 4. The number of hydrogen-bond donors (Lipinski definition) is 1.